The maximum Gasteiger partial charge on any atom is 0.409 e. The van der Waals surface area contributed by atoms with Gasteiger partial charge in [0.2, 0.25) is 11.8 Å². The van der Waals surface area contributed by atoms with Crippen LogP contribution < -0.4 is 0 Å². The van der Waals surface area contributed by atoms with Crippen LogP contribution in [0.15, 0.2) is 0 Å². The molecule has 1 fully saturated rings. The van der Waals surface area contributed by atoms with Crippen molar-refractivity contribution in [2.45, 2.75) is 40.2 Å². The minimum Gasteiger partial charge on any atom is -0.450 e. The predicted octanol–water partition coefficient (Wildman–Crippen LogP) is 0.934. The average molecular weight is 313 g/mol. The van der Waals surface area contributed by atoms with Gasteiger partial charge in [0, 0.05) is 52.1 Å². The Balaban J connectivity index is 2.39. The number of piperazine rings is 1. The highest BCUT2D eigenvalue weighted by Gasteiger charge is 2.25. The van der Waals surface area contributed by atoms with Gasteiger partial charge in [0.05, 0.1) is 6.61 Å². The third-order valence-electron chi connectivity index (χ3n) is 3.75. The van der Waals surface area contributed by atoms with Gasteiger partial charge in [-0.1, -0.05) is 0 Å². The van der Waals surface area contributed by atoms with Crippen LogP contribution in [0, 0.1) is 0 Å². The Morgan fingerprint density at radius 2 is 1.64 bits per heavy atom. The molecule has 0 radical (unpaired) electrons. The SMILES string of the molecule is CCOC(=O)N1CCN(C(=O)CCN(C(C)=O)C(C)C)CC1. The second-order valence-corrected chi connectivity index (χ2v) is 5.62. The second kappa shape index (κ2) is 8.60. The number of hydrogen-bond donors (Lipinski definition) is 0. The Morgan fingerprint density at radius 1 is 1.09 bits per heavy atom. The number of rotatable bonds is 5. The van der Waals surface area contributed by atoms with Crippen molar-refractivity contribution in [3.63, 3.8) is 0 Å². The van der Waals surface area contributed by atoms with Gasteiger partial charge in [-0.3, -0.25) is 9.59 Å². The van der Waals surface area contributed by atoms with E-state index in [1.165, 1.54) is 6.92 Å². The Bertz CT molecular complexity index is 404. The smallest absolute Gasteiger partial charge is 0.409 e. The van der Waals surface area contributed by atoms with Crippen molar-refractivity contribution in [2.24, 2.45) is 0 Å². The predicted molar refractivity (Wildman–Crippen MR) is 82.3 cm³/mol. The summed E-state index contributed by atoms with van der Waals surface area (Å²) in [6.07, 6.45) is -0.00544. The van der Waals surface area contributed by atoms with Gasteiger partial charge >= 0.3 is 6.09 Å². The number of carbonyl (C=O) groups excluding carboxylic acids is 3. The molecule has 0 aromatic carbocycles. The van der Waals surface area contributed by atoms with Crippen LogP contribution in [0.1, 0.15) is 34.1 Å². The van der Waals surface area contributed by atoms with Gasteiger partial charge < -0.3 is 19.4 Å². The molecule has 0 aliphatic carbocycles. The lowest BCUT2D eigenvalue weighted by Crippen LogP contribution is -2.51. The number of amides is 3. The molecule has 22 heavy (non-hydrogen) atoms. The Labute approximate surface area is 132 Å². The van der Waals surface area contributed by atoms with E-state index in [4.69, 9.17) is 4.74 Å². The molecule has 1 heterocycles. The maximum atomic E-state index is 12.2. The highest BCUT2D eigenvalue weighted by Crippen LogP contribution is 2.07. The molecule has 0 atom stereocenters. The molecule has 0 bridgehead atoms. The van der Waals surface area contributed by atoms with Crippen molar-refractivity contribution in [1.82, 2.24) is 14.7 Å². The van der Waals surface area contributed by atoms with Gasteiger partial charge in [-0.05, 0) is 20.8 Å². The van der Waals surface area contributed by atoms with Crippen LogP contribution in [0.25, 0.3) is 0 Å². The Kier molecular flexibility index (Phi) is 7.14. The highest BCUT2D eigenvalue weighted by atomic mass is 16.6. The summed E-state index contributed by atoms with van der Waals surface area (Å²) in [5.74, 6) is 0.00494. The van der Waals surface area contributed by atoms with E-state index in [0.29, 0.717) is 45.8 Å². The molecule has 1 aliphatic rings. The lowest BCUT2D eigenvalue weighted by atomic mass is 10.2. The minimum absolute atomic E-state index is 0.0186. The summed E-state index contributed by atoms with van der Waals surface area (Å²) >= 11 is 0. The summed E-state index contributed by atoms with van der Waals surface area (Å²) < 4.78 is 4.95. The van der Waals surface area contributed by atoms with E-state index in [1.54, 1.807) is 21.6 Å². The molecule has 7 nitrogen and oxygen atoms in total. The largest absolute Gasteiger partial charge is 0.450 e. The summed E-state index contributed by atoms with van der Waals surface area (Å²) in [6, 6.07) is 0.0889. The lowest BCUT2D eigenvalue weighted by molar-refractivity contribution is -0.135. The summed E-state index contributed by atoms with van der Waals surface area (Å²) in [4.78, 5) is 40.3. The first-order chi connectivity index (χ1) is 10.4. The van der Waals surface area contributed by atoms with Crippen LogP contribution in [-0.4, -0.2) is 78.0 Å². The molecule has 1 aliphatic heterocycles. The number of hydrogen-bond acceptors (Lipinski definition) is 4. The molecule has 126 valence electrons. The van der Waals surface area contributed by atoms with Crippen LogP contribution in [0.2, 0.25) is 0 Å². The van der Waals surface area contributed by atoms with Gasteiger partial charge in [-0.15, -0.1) is 0 Å². The zero-order valence-corrected chi connectivity index (χ0v) is 14.0. The standard InChI is InChI=1S/C15H27N3O4/c1-5-22-15(21)17-10-8-16(9-11-17)14(20)6-7-18(12(2)3)13(4)19/h12H,5-11H2,1-4H3. The van der Waals surface area contributed by atoms with Gasteiger partial charge in [-0.2, -0.15) is 0 Å². The normalized spacial score (nSPS) is 15.0. The van der Waals surface area contributed by atoms with E-state index in [-0.39, 0.29) is 23.9 Å². The first kappa shape index (κ1) is 18.3. The van der Waals surface area contributed by atoms with Crippen LogP contribution in [0.5, 0.6) is 0 Å². The van der Waals surface area contributed by atoms with E-state index >= 15 is 0 Å². The van der Waals surface area contributed by atoms with E-state index in [0.717, 1.165) is 0 Å². The summed E-state index contributed by atoms with van der Waals surface area (Å²) in [6.45, 7) is 9.96. The van der Waals surface area contributed by atoms with Gasteiger partial charge in [-0.25, -0.2) is 4.79 Å². The lowest BCUT2D eigenvalue weighted by Gasteiger charge is -2.34. The van der Waals surface area contributed by atoms with Gasteiger partial charge in [0.1, 0.15) is 0 Å². The maximum absolute atomic E-state index is 12.2. The van der Waals surface area contributed by atoms with Crippen molar-refractivity contribution in [3.05, 3.63) is 0 Å². The molecule has 1 rings (SSSR count). The average Bonchev–Trinajstić information content (AvgIpc) is 2.47. The van der Waals surface area contributed by atoms with E-state index in [1.807, 2.05) is 13.8 Å². The van der Waals surface area contributed by atoms with Crippen molar-refractivity contribution < 1.29 is 19.1 Å². The molecule has 0 aromatic heterocycles. The fourth-order valence-corrected chi connectivity index (χ4v) is 2.51. The Morgan fingerprint density at radius 3 is 2.09 bits per heavy atom. The van der Waals surface area contributed by atoms with Crippen molar-refractivity contribution in [2.75, 3.05) is 39.3 Å². The van der Waals surface area contributed by atoms with Gasteiger partial charge in [0.15, 0.2) is 0 Å². The van der Waals surface area contributed by atoms with E-state index in [9.17, 15) is 14.4 Å². The molecule has 0 spiro atoms. The van der Waals surface area contributed by atoms with Crippen LogP contribution in [-0.2, 0) is 14.3 Å². The third-order valence-corrected chi connectivity index (χ3v) is 3.75. The number of ether oxygens (including phenoxy) is 1. The summed E-state index contributed by atoms with van der Waals surface area (Å²) in [5.41, 5.74) is 0. The topological polar surface area (TPSA) is 70.2 Å². The number of nitrogens with zero attached hydrogens (tertiary/aromatic N) is 3. The molecular formula is C15H27N3O4. The van der Waals surface area contributed by atoms with Crippen LogP contribution in [0.3, 0.4) is 0 Å². The molecule has 3 amide bonds. The molecule has 0 saturated carbocycles. The summed E-state index contributed by atoms with van der Waals surface area (Å²) in [7, 11) is 0. The zero-order chi connectivity index (χ0) is 16.7. The fourth-order valence-electron chi connectivity index (χ4n) is 2.51. The van der Waals surface area contributed by atoms with Crippen LogP contribution >= 0.6 is 0 Å². The highest BCUT2D eigenvalue weighted by molar-refractivity contribution is 5.78. The molecule has 0 aromatic rings. The first-order valence-corrected chi connectivity index (χ1v) is 7.83. The second-order valence-electron chi connectivity index (χ2n) is 5.62. The first-order valence-electron chi connectivity index (χ1n) is 7.83. The third kappa shape index (κ3) is 5.20. The van der Waals surface area contributed by atoms with E-state index < -0.39 is 0 Å². The molecule has 7 heteroatoms. The van der Waals surface area contributed by atoms with Crippen molar-refractivity contribution in [1.29, 1.82) is 0 Å². The molecule has 0 unspecified atom stereocenters. The summed E-state index contributed by atoms with van der Waals surface area (Å²) in [5, 5.41) is 0. The molecular weight excluding hydrogens is 286 g/mol. The fraction of sp³-hybridized carbons (Fsp3) is 0.800. The van der Waals surface area contributed by atoms with Crippen molar-refractivity contribution in [3.8, 4) is 0 Å². The molecule has 0 N–H and O–H groups in total. The quantitative estimate of drug-likeness (QED) is 0.757. The van der Waals surface area contributed by atoms with Crippen molar-refractivity contribution >= 4 is 17.9 Å². The molecule has 1 saturated heterocycles. The zero-order valence-electron chi connectivity index (χ0n) is 14.0. The Hall–Kier alpha value is -1.79. The minimum atomic E-state index is -0.322. The monoisotopic (exact) mass is 313 g/mol. The van der Waals surface area contributed by atoms with Gasteiger partial charge in [0.25, 0.3) is 0 Å². The number of carbonyl (C=O) groups is 3. The van der Waals surface area contributed by atoms with Crippen LogP contribution in [0.4, 0.5) is 4.79 Å². The van der Waals surface area contributed by atoms with E-state index in [2.05, 4.69) is 0 Å².